The van der Waals surface area contributed by atoms with Gasteiger partial charge >= 0.3 is 5.97 Å². The van der Waals surface area contributed by atoms with Crippen LogP contribution >= 0.6 is 0 Å². The quantitative estimate of drug-likeness (QED) is 0.329. The monoisotopic (exact) mass is 407 g/mol. The highest BCUT2D eigenvalue weighted by molar-refractivity contribution is 5.90. The Morgan fingerprint density at radius 2 is 1.87 bits per heavy atom. The lowest BCUT2D eigenvalue weighted by Crippen LogP contribution is -2.10. The number of allylic oxidation sites excluding steroid dienone is 1. The van der Waals surface area contributed by atoms with Crippen LogP contribution in [-0.2, 0) is 4.74 Å². The summed E-state index contributed by atoms with van der Waals surface area (Å²) in [5.41, 5.74) is 1.52. The first-order valence-electron chi connectivity index (χ1n) is 9.41. The van der Waals surface area contributed by atoms with Gasteiger partial charge in [-0.1, -0.05) is 12.1 Å². The van der Waals surface area contributed by atoms with Gasteiger partial charge in [-0.3, -0.25) is 0 Å². The van der Waals surface area contributed by atoms with Gasteiger partial charge in [0.2, 0.25) is 0 Å². The standard InChI is InChI=1S/C22H21N3O5/c1-3-28-19-10-9-14(11-20(19)29-4-2)22(27)30-13-18(26)15(12-23)21-24-16-7-5-6-8-17(16)25-21/h5-11,26H,3-4,13H2,1-2H3,(H,24,25). The van der Waals surface area contributed by atoms with Gasteiger partial charge in [0.15, 0.2) is 23.1 Å². The second-order valence-electron chi connectivity index (χ2n) is 6.14. The van der Waals surface area contributed by atoms with Crippen LogP contribution in [0.3, 0.4) is 0 Å². The van der Waals surface area contributed by atoms with E-state index in [4.69, 9.17) is 14.2 Å². The molecule has 1 aromatic heterocycles. The highest BCUT2D eigenvalue weighted by Crippen LogP contribution is 2.29. The number of nitrogens with zero attached hydrogens (tertiary/aromatic N) is 2. The molecule has 0 bridgehead atoms. The molecule has 0 amide bonds. The van der Waals surface area contributed by atoms with E-state index >= 15 is 0 Å². The number of carbonyl (C=O) groups is 1. The lowest BCUT2D eigenvalue weighted by atomic mass is 10.2. The number of hydrogen-bond acceptors (Lipinski definition) is 7. The van der Waals surface area contributed by atoms with Crippen molar-refractivity contribution in [1.82, 2.24) is 9.97 Å². The van der Waals surface area contributed by atoms with Crippen molar-refractivity contribution >= 4 is 22.6 Å². The Balaban J connectivity index is 1.76. The zero-order valence-corrected chi connectivity index (χ0v) is 16.6. The summed E-state index contributed by atoms with van der Waals surface area (Å²) in [6.45, 7) is 4.06. The molecule has 3 rings (SSSR count). The summed E-state index contributed by atoms with van der Waals surface area (Å²) < 4.78 is 16.1. The van der Waals surface area contributed by atoms with Crippen LogP contribution in [0.2, 0.25) is 0 Å². The number of aliphatic hydroxyl groups excluding tert-OH is 1. The number of fused-ring (bicyclic) bond motifs is 1. The molecule has 0 saturated heterocycles. The minimum absolute atomic E-state index is 0.0966. The average molecular weight is 407 g/mol. The number of aromatic nitrogens is 2. The Bertz CT molecular complexity index is 1090. The number of esters is 1. The lowest BCUT2D eigenvalue weighted by molar-refractivity contribution is 0.0502. The number of ether oxygens (including phenoxy) is 3. The third-order valence-corrected chi connectivity index (χ3v) is 4.15. The fourth-order valence-electron chi connectivity index (χ4n) is 2.79. The molecule has 1 heterocycles. The van der Waals surface area contributed by atoms with E-state index in [1.807, 2.05) is 32.0 Å². The van der Waals surface area contributed by atoms with Crippen molar-refractivity contribution in [2.45, 2.75) is 13.8 Å². The Labute approximate surface area is 173 Å². The van der Waals surface area contributed by atoms with Crippen molar-refractivity contribution in [2.75, 3.05) is 19.8 Å². The molecule has 8 nitrogen and oxygen atoms in total. The van der Waals surface area contributed by atoms with E-state index < -0.39 is 18.3 Å². The Kier molecular flexibility index (Phi) is 6.55. The van der Waals surface area contributed by atoms with Crippen LogP contribution < -0.4 is 9.47 Å². The predicted molar refractivity (Wildman–Crippen MR) is 110 cm³/mol. The third-order valence-electron chi connectivity index (χ3n) is 4.15. The fraction of sp³-hybridized carbons (Fsp3) is 0.227. The summed E-state index contributed by atoms with van der Waals surface area (Å²) in [6, 6.07) is 13.8. The third kappa shape index (κ3) is 4.52. The number of hydrogen-bond donors (Lipinski definition) is 2. The van der Waals surface area contributed by atoms with Crippen LogP contribution in [0, 0.1) is 11.3 Å². The van der Waals surface area contributed by atoms with Crippen LogP contribution in [-0.4, -0.2) is 40.9 Å². The zero-order valence-electron chi connectivity index (χ0n) is 16.6. The predicted octanol–water partition coefficient (Wildman–Crippen LogP) is 4.01. The summed E-state index contributed by atoms with van der Waals surface area (Å²) in [5, 5.41) is 19.7. The van der Waals surface area contributed by atoms with Gasteiger partial charge in [0, 0.05) is 0 Å². The first kappa shape index (κ1) is 20.7. The van der Waals surface area contributed by atoms with Gasteiger partial charge in [0.05, 0.1) is 29.8 Å². The molecule has 2 aromatic carbocycles. The number of H-pyrrole nitrogens is 1. The summed E-state index contributed by atoms with van der Waals surface area (Å²) in [7, 11) is 0. The van der Waals surface area contributed by atoms with Crippen LogP contribution in [0.25, 0.3) is 16.6 Å². The van der Waals surface area contributed by atoms with Gasteiger partial charge in [-0.15, -0.1) is 0 Å². The molecule has 0 unspecified atom stereocenters. The Hall–Kier alpha value is -3.99. The molecule has 0 aliphatic heterocycles. The number of aromatic amines is 1. The van der Waals surface area contributed by atoms with E-state index in [-0.39, 0.29) is 17.0 Å². The highest BCUT2D eigenvalue weighted by Gasteiger charge is 2.17. The molecule has 0 aliphatic rings. The van der Waals surface area contributed by atoms with E-state index in [1.165, 1.54) is 6.07 Å². The number of rotatable bonds is 8. The van der Waals surface area contributed by atoms with Crippen molar-refractivity contribution in [3.8, 4) is 17.6 Å². The number of nitriles is 1. The number of imidazole rings is 1. The second-order valence-corrected chi connectivity index (χ2v) is 6.14. The molecule has 0 radical (unpaired) electrons. The molecule has 3 aromatic rings. The summed E-state index contributed by atoms with van der Waals surface area (Å²) in [5.74, 6) is 0.0733. The molecule has 8 heteroatoms. The van der Waals surface area contributed by atoms with Gasteiger partial charge < -0.3 is 24.3 Å². The Morgan fingerprint density at radius 3 is 2.57 bits per heavy atom. The van der Waals surface area contributed by atoms with Crippen molar-refractivity contribution in [3.63, 3.8) is 0 Å². The maximum Gasteiger partial charge on any atom is 0.338 e. The molecular formula is C22H21N3O5. The number of aliphatic hydroxyl groups is 1. The van der Waals surface area contributed by atoms with Crippen molar-refractivity contribution < 1.29 is 24.1 Å². The van der Waals surface area contributed by atoms with E-state index in [9.17, 15) is 15.2 Å². The molecule has 30 heavy (non-hydrogen) atoms. The molecule has 0 aliphatic carbocycles. The number of nitrogens with one attached hydrogen (secondary N) is 1. The lowest BCUT2D eigenvalue weighted by Gasteiger charge is -2.12. The van der Waals surface area contributed by atoms with Crippen LogP contribution in [0.15, 0.2) is 48.2 Å². The van der Waals surface area contributed by atoms with E-state index in [0.29, 0.717) is 30.2 Å². The van der Waals surface area contributed by atoms with Crippen LogP contribution in [0.5, 0.6) is 11.5 Å². The van der Waals surface area contributed by atoms with Gasteiger partial charge in [-0.2, -0.15) is 5.26 Å². The number of para-hydroxylation sites is 2. The van der Waals surface area contributed by atoms with Crippen molar-refractivity contribution in [1.29, 1.82) is 5.26 Å². The zero-order chi connectivity index (χ0) is 21.5. The summed E-state index contributed by atoms with van der Waals surface area (Å²) >= 11 is 0. The maximum atomic E-state index is 12.4. The van der Waals surface area contributed by atoms with Crippen LogP contribution in [0.4, 0.5) is 0 Å². The SMILES string of the molecule is CCOc1ccc(C(=O)OCC(O)=C(C#N)c2nc3ccccc3[nH]2)cc1OCC. The first-order chi connectivity index (χ1) is 14.6. The first-order valence-corrected chi connectivity index (χ1v) is 9.41. The highest BCUT2D eigenvalue weighted by atomic mass is 16.5. The minimum atomic E-state index is -0.674. The van der Waals surface area contributed by atoms with E-state index in [1.54, 1.807) is 24.3 Å². The van der Waals surface area contributed by atoms with Crippen molar-refractivity contribution in [2.24, 2.45) is 0 Å². The second kappa shape index (κ2) is 9.47. The Morgan fingerprint density at radius 1 is 1.13 bits per heavy atom. The molecule has 0 atom stereocenters. The molecule has 0 spiro atoms. The smallest absolute Gasteiger partial charge is 0.338 e. The number of carbonyl (C=O) groups excluding carboxylic acids is 1. The fourth-order valence-corrected chi connectivity index (χ4v) is 2.79. The van der Waals surface area contributed by atoms with Crippen molar-refractivity contribution in [3.05, 3.63) is 59.6 Å². The summed E-state index contributed by atoms with van der Waals surface area (Å²) in [6.07, 6.45) is 0. The van der Waals surface area contributed by atoms with E-state index in [0.717, 1.165) is 5.52 Å². The molecule has 0 saturated carbocycles. The molecule has 0 fully saturated rings. The normalized spacial score (nSPS) is 11.5. The van der Waals surface area contributed by atoms with Gasteiger partial charge in [0.1, 0.15) is 18.2 Å². The molecular weight excluding hydrogens is 386 g/mol. The van der Waals surface area contributed by atoms with Crippen LogP contribution in [0.1, 0.15) is 30.0 Å². The van der Waals surface area contributed by atoms with Gasteiger partial charge in [-0.05, 0) is 44.2 Å². The minimum Gasteiger partial charge on any atom is -0.507 e. The molecule has 2 N–H and O–H groups in total. The topological polar surface area (TPSA) is 117 Å². The van der Waals surface area contributed by atoms with Gasteiger partial charge in [0.25, 0.3) is 0 Å². The maximum absolute atomic E-state index is 12.4. The van der Waals surface area contributed by atoms with Gasteiger partial charge in [-0.25, -0.2) is 9.78 Å². The largest absolute Gasteiger partial charge is 0.507 e. The summed E-state index contributed by atoms with van der Waals surface area (Å²) in [4.78, 5) is 19.7. The van der Waals surface area contributed by atoms with E-state index in [2.05, 4.69) is 9.97 Å². The average Bonchev–Trinajstić information content (AvgIpc) is 3.17. The molecule has 154 valence electrons. The number of benzene rings is 2.